The summed E-state index contributed by atoms with van der Waals surface area (Å²) in [5, 5.41) is 9.09. The molecule has 0 radical (unpaired) electrons. The summed E-state index contributed by atoms with van der Waals surface area (Å²) < 4.78 is 27.1. The maximum atomic E-state index is 13.8. The fraction of sp³-hybridized carbons (Fsp3) is 0.923. The Labute approximate surface area is 106 Å². The van der Waals surface area contributed by atoms with Crippen LogP contribution in [-0.4, -0.2) is 30.5 Å². The van der Waals surface area contributed by atoms with E-state index in [1.165, 1.54) is 0 Å². The SMILES string of the molecule is NC[C@@]1(CC(=O)O)C(CF)CC[C@@H]2C[C@H]1C[C@H]2F. The highest BCUT2D eigenvalue weighted by atomic mass is 19.1. The molecule has 0 heterocycles. The highest BCUT2D eigenvalue weighted by molar-refractivity contribution is 5.68. The van der Waals surface area contributed by atoms with Gasteiger partial charge in [-0.3, -0.25) is 9.18 Å². The third-order valence-corrected chi connectivity index (χ3v) is 5.17. The predicted octanol–water partition coefficient (Wildman–Crippen LogP) is 2.15. The first-order valence-corrected chi connectivity index (χ1v) is 6.65. The standard InChI is InChI=1S/C13H21F2NO2/c14-6-9-2-1-8-3-10(4-11(8)15)13(9,7-16)5-12(17)18/h8-11H,1-7,16H2,(H,17,18)/t8-,9?,10+,11-,13+/m1/s1. The smallest absolute Gasteiger partial charge is 0.303 e. The van der Waals surface area contributed by atoms with Crippen molar-refractivity contribution in [2.24, 2.45) is 28.9 Å². The molecule has 0 aromatic heterocycles. The van der Waals surface area contributed by atoms with Gasteiger partial charge in [-0.2, -0.15) is 0 Å². The molecule has 2 fully saturated rings. The third kappa shape index (κ3) is 2.13. The topological polar surface area (TPSA) is 63.3 Å². The Bertz CT molecular complexity index is 326. The minimum Gasteiger partial charge on any atom is -0.481 e. The summed E-state index contributed by atoms with van der Waals surface area (Å²) in [6.07, 6.45) is 1.24. The van der Waals surface area contributed by atoms with Crippen LogP contribution in [0.2, 0.25) is 0 Å². The van der Waals surface area contributed by atoms with Gasteiger partial charge in [0, 0.05) is 5.41 Å². The van der Waals surface area contributed by atoms with Crippen LogP contribution in [0.5, 0.6) is 0 Å². The Morgan fingerprint density at radius 1 is 1.39 bits per heavy atom. The van der Waals surface area contributed by atoms with Gasteiger partial charge in [-0.05, 0) is 50.0 Å². The van der Waals surface area contributed by atoms with Crippen molar-refractivity contribution in [3.05, 3.63) is 0 Å². The molecule has 0 aliphatic heterocycles. The van der Waals surface area contributed by atoms with E-state index in [0.717, 1.165) is 0 Å². The lowest BCUT2D eigenvalue weighted by Crippen LogP contribution is -2.46. The van der Waals surface area contributed by atoms with Crippen LogP contribution in [0.4, 0.5) is 8.78 Å². The predicted molar refractivity (Wildman–Crippen MR) is 63.5 cm³/mol. The number of alkyl halides is 2. The summed E-state index contributed by atoms with van der Waals surface area (Å²) >= 11 is 0. The average molecular weight is 261 g/mol. The lowest BCUT2D eigenvalue weighted by atomic mass is 9.63. The summed E-state index contributed by atoms with van der Waals surface area (Å²) in [7, 11) is 0. The van der Waals surface area contributed by atoms with E-state index in [2.05, 4.69) is 0 Å². The normalized spacial score (nSPS) is 43.7. The number of hydrogen-bond donors (Lipinski definition) is 2. The van der Waals surface area contributed by atoms with Gasteiger partial charge in [0.15, 0.2) is 0 Å². The Kier molecular flexibility index (Phi) is 3.90. The molecule has 2 saturated carbocycles. The molecule has 2 aliphatic carbocycles. The quantitative estimate of drug-likeness (QED) is 0.815. The highest BCUT2D eigenvalue weighted by Gasteiger charge is 2.53. The summed E-state index contributed by atoms with van der Waals surface area (Å²) in [6, 6.07) is 0. The molecule has 0 spiro atoms. The van der Waals surface area contributed by atoms with E-state index in [1.807, 2.05) is 0 Å². The Morgan fingerprint density at radius 3 is 2.67 bits per heavy atom. The first kappa shape index (κ1) is 13.7. The molecule has 1 unspecified atom stereocenters. The molecule has 3 nitrogen and oxygen atoms in total. The molecule has 0 aromatic rings. The van der Waals surface area contributed by atoms with Gasteiger partial charge in [0.25, 0.3) is 0 Å². The van der Waals surface area contributed by atoms with Crippen LogP contribution >= 0.6 is 0 Å². The van der Waals surface area contributed by atoms with Crippen LogP contribution < -0.4 is 5.73 Å². The largest absolute Gasteiger partial charge is 0.481 e. The number of carbonyl (C=O) groups is 1. The molecule has 18 heavy (non-hydrogen) atoms. The maximum absolute atomic E-state index is 13.8. The van der Waals surface area contributed by atoms with E-state index in [4.69, 9.17) is 10.8 Å². The van der Waals surface area contributed by atoms with E-state index in [9.17, 15) is 13.6 Å². The lowest BCUT2D eigenvalue weighted by Gasteiger charge is -2.42. The second kappa shape index (κ2) is 5.11. The van der Waals surface area contributed by atoms with Crippen molar-refractivity contribution in [1.29, 1.82) is 0 Å². The summed E-state index contributed by atoms with van der Waals surface area (Å²) in [6.45, 7) is -0.414. The number of fused-ring (bicyclic) bond motifs is 2. The van der Waals surface area contributed by atoms with E-state index in [-0.39, 0.29) is 30.7 Å². The molecule has 104 valence electrons. The second-order valence-corrected chi connectivity index (χ2v) is 5.88. The van der Waals surface area contributed by atoms with Crippen molar-refractivity contribution in [2.45, 2.75) is 38.3 Å². The molecule has 3 N–H and O–H groups in total. The molecular weight excluding hydrogens is 240 g/mol. The Hall–Kier alpha value is -0.710. The van der Waals surface area contributed by atoms with Gasteiger partial charge in [-0.1, -0.05) is 0 Å². The van der Waals surface area contributed by atoms with E-state index >= 15 is 0 Å². The molecule has 2 aliphatic rings. The van der Waals surface area contributed by atoms with Crippen molar-refractivity contribution >= 4 is 5.97 Å². The summed E-state index contributed by atoms with van der Waals surface area (Å²) in [4.78, 5) is 11.1. The minimum absolute atomic E-state index is 0.0220. The summed E-state index contributed by atoms with van der Waals surface area (Å²) in [5.74, 6) is -1.39. The van der Waals surface area contributed by atoms with Gasteiger partial charge in [0.2, 0.25) is 0 Å². The molecular formula is C13H21F2NO2. The van der Waals surface area contributed by atoms with Gasteiger partial charge < -0.3 is 10.8 Å². The van der Waals surface area contributed by atoms with Crippen LogP contribution in [-0.2, 0) is 4.79 Å². The third-order valence-electron chi connectivity index (χ3n) is 5.17. The number of carboxylic acid groups (broad SMARTS) is 1. The number of carboxylic acids is 1. The number of aliphatic carboxylic acids is 1. The molecule has 0 saturated heterocycles. The second-order valence-electron chi connectivity index (χ2n) is 5.88. The van der Waals surface area contributed by atoms with Gasteiger partial charge in [-0.15, -0.1) is 0 Å². The van der Waals surface area contributed by atoms with Crippen molar-refractivity contribution in [2.75, 3.05) is 13.2 Å². The van der Waals surface area contributed by atoms with E-state index < -0.39 is 24.2 Å². The van der Waals surface area contributed by atoms with Gasteiger partial charge >= 0.3 is 5.97 Å². The average Bonchev–Trinajstić information content (AvgIpc) is 2.61. The van der Waals surface area contributed by atoms with Gasteiger partial charge in [0.05, 0.1) is 13.1 Å². The van der Waals surface area contributed by atoms with Crippen molar-refractivity contribution in [3.8, 4) is 0 Å². The molecule has 0 amide bonds. The van der Waals surface area contributed by atoms with Gasteiger partial charge in [-0.25, -0.2) is 4.39 Å². The molecule has 2 rings (SSSR count). The maximum Gasteiger partial charge on any atom is 0.303 e. The van der Waals surface area contributed by atoms with Crippen LogP contribution in [0.25, 0.3) is 0 Å². The Balaban J connectivity index is 2.32. The zero-order valence-electron chi connectivity index (χ0n) is 10.4. The number of rotatable bonds is 4. The van der Waals surface area contributed by atoms with Gasteiger partial charge in [0.1, 0.15) is 6.17 Å². The van der Waals surface area contributed by atoms with Crippen LogP contribution in [0.15, 0.2) is 0 Å². The monoisotopic (exact) mass is 261 g/mol. The lowest BCUT2D eigenvalue weighted by molar-refractivity contribution is -0.142. The molecule has 2 bridgehead atoms. The molecule has 5 atom stereocenters. The first-order chi connectivity index (χ1) is 8.53. The fourth-order valence-corrected chi connectivity index (χ4v) is 4.08. The fourth-order valence-electron chi connectivity index (χ4n) is 4.08. The van der Waals surface area contributed by atoms with Crippen molar-refractivity contribution in [3.63, 3.8) is 0 Å². The van der Waals surface area contributed by atoms with E-state index in [0.29, 0.717) is 25.7 Å². The first-order valence-electron chi connectivity index (χ1n) is 6.65. The zero-order valence-corrected chi connectivity index (χ0v) is 10.4. The molecule has 0 aromatic carbocycles. The van der Waals surface area contributed by atoms with Crippen LogP contribution in [0.1, 0.15) is 32.1 Å². The van der Waals surface area contributed by atoms with Crippen molar-refractivity contribution < 1.29 is 18.7 Å². The number of nitrogens with two attached hydrogens (primary N) is 1. The number of hydrogen-bond acceptors (Lipinski definition) is 2. The minimum atomic E-state index is -0.959. The van der Waals surface area contributed by atoms with Crippen LogP contribution in [0, 0.1) is 23.2 Å². The van der Waals surface area contributed by atoms with Crippen LogP contribution in [0.3, 0.4) is 0 Å². The zero-order chi connectivity index (χ0) is 13.3. The van der Waals surface area contributed by atoms with Crippen molar-refractivity contribution in [1.82, 2.24) is 0 Å². The molecule has 5 heteroatoms. The summed E-state index contributed by atoms with van der Waals surface area (Å²) in [5.41, 5.74) is 5.05. The Morgan fingerprint density at radius 2 is 2.11 bits per heavy atom. The number of halogens is 2. The van der Waals surface area contributed by atoms with E-state index in [1.54, 1.807) is 0 Å². The highest BCUT2D eigenvalue weighted by Crippen LogP contribution is 2.55.